The normalized spacial score (nSPS) is 14.6. The van der Waals surface area contributed by atoms with Crippen LogP contribution < -0.4 is 14.8 Å². The van der Waals surface area contributed by atoms with Gasteiger partial charge in [-0.2, -0.15) is 0 Å². The fourth-order valence-electron chi connectivity index (χ4n) is 2.63. The van der Waals surface area contributed by atoms with Crippen LogP contribution in [0.5, 0.6) is 11.5 Å². The first-order valence-electron chi connectivity index (χ1n) is 8.88. The van der Waals surface area contributed by atoms with Crippen molar-refractivity contribution in [1.29, 1.82) is 0 Å². The van der Waals surface area contributed by atoms with Crippen molar-refractivity contribution >= 4 is 28.4 Å². The average Bonchev–Trinajstić information content (AvgIpc) is 2.72. The lowest BCUT2D eigenvalue weighted by atomic mass is 10.2. The van der Waals surface area contributed by atoms with Crippen LogP contribution >= 0.6 is 0 Å². The van der Waals surface area contributed by atoms with Gasteiger partial charge in [0.05, 0.1) is 21.3 Å². The first-order valence-corrected chi connectivity index (χ1v) is 10.2. The van der Waals surface area contributed by atoms with E-state index in [0.29, 0.717) is 41.0 Å². The van der Waals surface area contributed by atoms with E-state index in [1.54, 1.807) is 43.3 Å². The van der Waals surface area contributed by atoms with Gasteiger partial charge in [-0.15, -0.1) is 0 Å². The van der Waals surface area contributed by atoms with Crippen LogP contribution in [0.2, 0.25) is 0 Å². The number of esters is 1. The Balaban J connectivity index is 1.66. The van der Waals surface area contributed by atoms with Gasteiger partial charge in [-0.25, -0.2) is 4.79 Å². The van der Waals surface area contributed by atoms with Crippen LogP contribution in [0.3, 0.4) is 0 Å². The van der Waals surface area contributed by atoms with Crippen molar-refractivity contribution in [2.45, 2.75) is 24.8 Å². The van der Waals surface area contributed by atoms with E-state index in [9.17, 15) is 13.8 Å². The van der Waals surface area contributed by atoms with Gasteiger partial charge < -0.3 is 19.5 Å². The van der Waals surface area contributed by atoms with Crippen molar-refractivity contribution in [1.82, 2.24) is 0 Å². The number of hydrogen-bond donors (Lipinski definition) is 1. The van der Waals surface area contributed by atoms with Crippen molar-refractivity contribution < 1.29 is 28.0 Å². The fraction of sp³-hybridized carbons (Fsp3) is 0.300. The highest BCUT2D eigenvalue weighted by atomic mass is 32.2. The minimum absolute atomic E-state index is 0.196. The highest BCUT2D eigenvalue weighted by molar-refractivity contribution is 7.85. The number of carbonyl (C=O) groups is 2. The second-order valence-corrected chi connectivity index (χ2v) is 7.73. The number of ether oxygens (including phenoxy) is 3. The van der Waals surface area contributed by atoms with Crippen LogP contribution in [0, 0.1) is 0 Å². The van der Waals surface area contributed by atoms with E-state index < -0.39 is 28.8 Å². The molecule has 8 heteroatoms. The Morgan fingerprint density at radius 3 is 2.61 bits per heavy atom. The van der Waals surface area contributed by atoms with E-state index in [4.69, 9.17) is 14.2 Å². The van der Waals surface area contributed by atoms with Gasteiger partial charge in [-0.05, 0) is 31.2 Å². The van der Waals surface area contributed by atoms with Crippen molar-refractivity contribution in [3.05, 3.63) is 48.0 Å². The van der Waals surface area contributed by atoms with Gasteiger partial charge in [0.1, 0.15) is 13.2 Å². The molecule has 0 saturated carbocycles. The number of carbonyl (C=O) groups excluding carboxylic acids is 2. The zero-order valence-corrected chi connectivity index (χ0v) is 16.4. The van der Waals surface area contributed by atoms with Gasteiger partial charge in [-0.3, -0.25) is 9.00 Å². The number of benzene rings is 2. The average molecular weight is 403 g/mol. The van der Waals surface area contributed by atoms with Crippen LogP contribution in [0.15, 0.2) is 47.4 Å². The van der Waals surface area contributed by atoms with Gasteiger partial charge >= 0.3 is 5.97 Å². The van der Waals surface area contributed by atoms with Crippen LogP contribution in [-0.2, 0) is 20.3 Å². The predicted molar refractivity (Wildman–Crippen MR) is 104 cm³/mol. The zero-order valence-electron chi connectivity index (χ0n) is 15.6. The third-order valence-electron chi connectivity index (χ3n) is 4.08. The summed E-state index contributed by atoms with van der Waals surface area (Å²) in [5, 5.41) is 2.69. The summed E-state index contributed by atoms with van der Waals surface area (Å²) in [5.41, 5.74) is 0.700. The monoisotopic (exact) mass is 403 g/mol. The van der Waals surface area contributed by atoms with Gasteiger partial charge in [0.2, 0.25) is 0 Å². The number of amides is 1. The molecule has 1 aliphatic heterocycles. The van der Waals surface area contributed by atoms with E-state index in [2.05, 4.69) is 5.32 Å². The highest BCUT2D eigenvalue weighted by Crippen LogP contribution is 2.32. The first-order chi connectivity index (χ1) is 13.5. The first kappa shape index (κ1) is 19.9. The van der Waals surface area contributed by atoms with E-state index in [-0.39, 0.29) is 5.56 Å². The molecule has 7 nitrogen and oxygen atoms in total. The number of anilines is 1. The summed E-state index contributed by atoms with van der Waals surface area (Å²) < 4.78 is 28.3. The lowest BCUT2D eigenvalue weighted by Gasteiger charge is -2.19. The molecular formula is C20H21NO6S. The molecule has 0 fully saturated rings. The van der Waals surface area contributed by atoms with E-state index >= 15 is 0 Å². The molecule has 1 amide bonds. The number of hydrogen-bond acceptors (Lipinski definition) is 6. The van der Waals surface area contributed by atoms with Crippen LogP contribution in [0.4, 0.5) is 5.69 Å². The molecule has 2 atom stereocenters. The molecule has 28 heavy (non-hydrogen) atoms. The lowest BCUT2D eigenvalue weighted by Crippen LogP contribution is -2.30. The highest BCUT2D eigenvalue weighted by Gasteiger charge is 2.23. The molecule has 0 aromatic heterocycles. The number of rotatable bonds is 6. The summed E-state index contributed by atoms with van der Waals surface area (Å²) >= 11 is 0. The van der Waals surface area contributed by atoms with Gasteiger partial charge in [0, 0.05) is 17.5 Å². The molecule has 3 rings (SSSR count). The van der Waals surface area contributed by atoms with Crippen LogP contribution in [0.1, 0.15) is 24.2 Å². The molecule has 0 saturated heterocycles. The Labute approximate surface area is 165 Å². The van der Waals surface area contributed by atoms with Crippen molar-refractivity contribution in [2.24, 2.45) is 0 Å². The molecule has 2 aromatic rings. The molecule has 1 N–H and O–H groups in total. The zero-order chi connectivity index (χ0) is 20.1. The van der Waals surface area contributed by atoms with E-state index in [1.165, 1.54) is 13.0 Å². The Morgan fingerprint density at radius 2 is 1.86 bits per heavy atom. The summed E-state index contributed by atoms with van der Waals surface area (Å²) in [7, 11) is -1.31. The Kier molecular flexibility index (Phi) is 6.30. The fourth-order valence-corrected chi connectivity index (χ4v) is 3.57. The molecule has 148 valence electrons. The summed E-state index contributed by atoms with van der Waals surface area (Å²) in [6, 6.07) is 11.6. The summed E-state index contributed by atoms with van der Waals surface area (Å²) in [4.78, 5) is 25.3. The quantitative estimate of drug-likeness (QED) is 0.746. The summed E-state index contributed by atoms with van der Waals surface area (Å²) in [5.74, 6) is 0.361. The third-order valence-corrected chi connectivity index (χ3v) is 5.45. The Morgan fingerprint density at radius 1 is 1.14 bits per heavy atom. The summed E-state index contributed by atoms with van der Waals surface area (Å²) in [6.45, 7) is 4.17. The second kappa shape index (κ2) is 8.88. The molecular weight excluding hydrogens is 382 g/mol. The maximum Gasteiger partial charge on any atom is 0.340 e. The molecule has 0 bridgehead atoms. The summed E-state index contributed by atoms with van der Waals surface area (Å²) in [6.07, 6.45) is -1.04. The molecule has 0 aliphatic carbocycles. The minimum Gasteiger partial charge on any atom is -0.486 e. The van der Waals surface area contributed by atoms with Gasteiger partial charge in [0.15, 0.2) is 17.6 Å². The van der Waals surface area contributed by atoms with E-state index in [0.717, 1.165) is 0 Å². The lowest BCUT2D eigenvalue weighted by molar-refractivity contribution is -0.123. The molecule has 0 spiro atoms. The third kappa shape index (κ3) is 4.51. The molecule has 0 unspecified atom stereocenters. The van der Waals surface area contributed by atoms with Gasteiger partial charge in [-0.1, -0.05) is 19.1 Å². The number of nitrogens with one attached hydrogen (secondary N) is 1. The molecule has 0 radical (unpaired) electrons. The molecule has 1 aliphatic rings. The van der Waals surface area contributed by atoms with E-state index in [1.807, 2.05) is 0 Å². The van der Waals surface area contributed by atoms with Crippen LogP contribution in [0.25, 0.3) is 0 Å². The minimum atomic E-state index is -1.31. The largest absolute Gasteiger partial charge is 0.486 e. The number of fused-ring (bicyclic) bond motifs is 1. The second-order valence-electron chi connectivity index (χ2n) is 6.03. The standard InChI is InChI=1S/C20H21NO6S/c1-3-28(24)18-7-5-4-6-15(18)20(23)27-13(2)19(22)21-14-8-9-16-17(12-14)26-11-10-25-16/h4-9,12-13H,3,10-11H2,1-2H3,(H,21,22)/t13-,28+/m1/s1. The SMILES string of the molecule is CC[S@](=O)c1ccccc1C(=O)O[C@H](C)C(=O)Nc1ccc2c(c1)OCCO2. The predicted octanol–water partition coefficient (Wildman–Crippen LogP) is 2.77. The van der Waals surface area contributed by atoms with Crippen LogP contribution in [-0.4, -0.2) is 41.2 Å². The Bertz CT molecular complexity index is 913. The maximum absolute atomic E-state index is 12.5. The topological polar surface area (TPSA) is 90.9 Å². The molecule has 1 heterocycles. The van der Waals surface area contributed by atoms with Crippen molar-refractivity contribution in [3.63, 3.8) is 0 Å². The Hall–Kier alpha value is -2.87. The van der Waals surface area contributed by atoms with Crippen molar-refractivity contribution in [2.75, 3.05) is 24.3 Å². The van der Waals surface area contributed by atoms with Gasteiger partial charge in [0.25, 0.3) is 5.91 Å². The smallest absolute Gasteiger partial charge is 0.340 e. The van der Waals surface area contributed by atoms with Crippen molar-refractivity contribution in [3.8, 4) is 11.5 Å². The molecule has 2 aromatic carbocycles. The maximum atomic E-state index is 12.5.